The summed E-state index contributed by atoms with van der Waals surface area (Å²) in [6.07, 6.45) is 2.02. The molecule has 0 aliphatic rings. The van der Waals surface area contributed by atoms with Gasteiger partial charge < -0.3 is 20.7 Å². The van der Waals surface area contributed by atoms with E-state index in [1.165, 1.54) is 0 Å². The summed E-state index contributed by atoms with van der Waals surface area (Å²) in [5.41, 5.74) is 1.25. The Morgan fingerprint density at radius 1 is 1.26 bits per heavy atom. The average molecular weight is 342 g/mol. The third-order valence-corrected chi connectivity index (χ3v) is 3.34. The van der Waals surface area contributed by atoms with Crippen LogP contribution in [0.2, 0.25) is 5.02 Å². The van der Waals surface area contributed by atoms with Gasteiger partial charge in [0, 0.05) is 32.4 Å². The van der Waals surface area contributed by atoms with Crippen molar-refractivity contribution >= 4 is 34.8 Å². The molecule has 1 aromatic carbocycles. The van der Waals surface area contributed by atoms with Gasteiger partial charge in [-0.2, -0.15) is 0 Å². The number of rotatable bonds is 10. The Morgan fingerprint density at radius 2 is 2.04 bits per heavy atom. The van der Waals surface area contributed by atoms with Crippen LogP contribution in [0.4, 0.5) is 11.4 Å². The largest absolute Gasteiger partial charge is 0.385 e. The van der Waals surface area contributed by atoms with Gasteiger partial charge in [0.25, 0.3) is 0 Å². The van der Waals surface area contributed by atoms with Crippen LogP contribution in [0.1, 0.15) is 26.2 Å². The summed E-state index contributed by atoms with van der Waals surface area (Å²) in [6.45, 7) is 3.23. The normalized spacial score (nSPS) is 10.2. The van der Waals surface area contributed by atoms with E-state index in [0.717, 1.165) is 12.8 Å². The number of halogens is 1. The molecule has 6 nitrogen and oxygen atoms in total. The molecular formula is C16H24ClN3O3. The first-order valence-electron chi connectivity index (χ1n) is 7.65. The molecule has 2 amide bonds. The summed E-state index contributed by atoms with van der Waals surface area (Å²) >= 11 is 6.10. The molecule has 0 spiro atoms. The number of benzene rings is 1. The molecular weight excluding hydrogens is 318 g/mol. The molecule has 3 N–H and O–H groups in total. The van der Waals surface area contributed by atoms with Gasteiger partial charge in [0.1, 0.15) is 0 Å². The van der Waals surface area contributed by atoms with Gasteiger partial charge in [-0.25, -0.2) is 0 Å². The van der Waals surface area contributed by atoms with E-state index in [1.54, 1.807) is 25.3 Å². The van der Waals surface area contributed by atoms with Crippen LogP contribution in [0.25, 0.3) is 0 Å². The van der Waals surface area contributed by atoms with Crippen molar-refractivity contribution in [2.75, 3.05) is 37.4 Å². The summed E-state index contributed by atoms with van der Waals surface area (Å²) in [7, 11) is 1.62. The van der Waals surface area contributed by atoms with Crippen molar-refractivity contribution in [3.63, 3.8) is 0 Å². The summed E-state index contributed by atoms with van der Waals surface area (Å²) in [4.78, 5) is 23.3. The van der Waals surface area contributed by atoms with Gasteiger partial charge in [0.2, 0.25) is 11.8 Å². The number of methoxy groups -OCH3 is 1. The van der Waals surface area contributed by atoms with Crippen molar-refractivity contribution in [2.45, 2.75) is 26.2 Å². The molecule has 7 heteroatoms. The van der Waals surface area contributed by atoms with Crippen LogP contribution in [0.15, 0.2) is 18.2 Å². The number of amides is 2. The van der Waals surface area contributed by atoms with Gasteiger partial charge in [-0.1, -0.05) is 18.5 Å². The SMILES string of the molecule is CCCC(=O)Nc1ccc(Cl)c(NCC(=O)NCCCOC)c1. The molecule has 0 aliphatic heterocycles. The van der Waals surface area contributed by atoms with E-state index >= 15 is 0 Å². The Hall–Kier alpha value is -1.79. The molecule has 0 aliphatic carbocycles. The lowest BCUT2D eigenvalue weighted by Crippen LogP contribution is -2.31. The fraction of sp³-hybridized carbons (Fsp3) is 0.500. The number of nitrogens with one attached hydrogen (secondary N) is 3. The van der Waals surface area contributed by atoms with Gasteiger partial charge in [-0.15, -0.1) is 0 Å². The number of anilines is 2. The molecule has 0 radical (unpaired) electrons. The van der Waals surface area contributed by atoms with Crippen LogP contribution in [0.3, 0.4) is 0 Å². The zero-order valence-electron chi connectivity index (χ0n) is 13.6. The minimum absolute atomic E-state index is 0.0448. The monoisotopic (exact) mass is 341 g/mol. The summed E-state index contributed by atoms with van der Waals surface area (Å²) < 4.78 is 4.91. The van der Waals surface area contributed by atoms with Crippen molar-refractivity contribution < 1.29 is 14.3 Å². The van der Waals surface area contributed by atoms with E-state index in [1.807, 2.05) is 6.92 Å². The zero-order valence-corrected chi connectivity index (χ0v) is 14.3. The second kappa shape index (κ2) is 10.9. The molecule has 23 heavy (non-hydrogen) atoms. The topological polar surface area (TPSA) is 79.5 Å². The minimum Gasteiger partial charge on any atom is -0.385 e. The van der Waals surface area contributed by atoms with E-state index in [2.05, 4.69) is 16.0 Å². The first kappa shape index (κ1) is 19.3. The Labute approximate surface area is 141 Å². The minimum atomic E-state index is -0.127. The first-order valence-corrected chi connectivity index (χ1v) is 8.03. The quantitative estimate of drug-likeness (QED) is 0.572. The second-order valence-corrected chi connectivity index (χ2v) is 5.45. The van der Waals surface area contributed by atoms with Crippen LogP contribution in [0.5, 0.6) is 0 Å². The maximum atomic E-state index is 11.7. The summed E-state index contributed by atoms with van der Waals surface area (Å²) in [5, 5.41) is 9.03. The molecule has 0 unspecified atom stereocenters. The maximum absolute atomic E-state index is 11.7. The smallest absolute Gasteiger partial charge is 0.239 e. The van der Waals surface area contributed by atoms with E-state index in [9.17, 15) is 9.59 Å². The average Bonchev–Trinajstić information content (AvgIpc) is 2.52. The third-order valence-electron chi connectivity index (χ3n) is 3.01. The van der Waals surface area contributed by atoms with Crippen molar-refractivity contribution in [1.82, 2.24) is 5.32 Å². The van der Waals surface area contributed by atoms with E-state index in [4.69, 9.17) is 16.3 Å². The molecule has 128 valence electrons. The maximum Gasteiger partial charge on any atom is 0.239 e. The molecule has 0 bridgehead atoms. The summed E-state index contributed by atoms with van der Waals surface area (Å²) in [6, 6.07) is 5.13. The van der Waals surface area contributed by atoms with Crippen molar-refractivity contribution in [3.05, 3.63) is 23.2 Å². The van der Waals surface area contributed by atoms with Crippen LogP contribution in [-0.4, -0.2) is 38.6 Å². The molecule has 0 heterocycles. The Balaban J connectivity index is 2.49. The second-order valence-electron chi connectivity index (χ2n) is 5.04. The highest BCUT2D eigenvalue weighted by Gasteiger charge is 2.07. The molecule has 0 atom stereocenters. The molecule has 0 saturated carbocycles. The van der Waals surface area contributed by atoms with Crippen molar-refractivity contribution in [1.29, 1.82) is 0 Å². The van der Waals surface area contributed by atoms with Gasteiger partial charge in [-0.05, 0) is 31.0 Å². The van der Waals surface area contributed by atoms with Crippen LogP contribution < -0.4 is 16.0 Å². The van der Waals surface area contributed by atoms with Crippen LogP contribution >= 0.6 is 11.6 Å². The van der Waals surface area contributed by atoms with E-state index in [-0.39, 0.29) is 18.4 Å². The lowest BCUT2D eigenvalue weighted by atomic mass is 10.2. The fourth-order valence-corrected chi connectivity index (χ4v) is 2.06. The van der Waals surface area contributed by atoms with Crippen LogP contribution in [-0.2, 0) is 14.3 Å². The molecule has 1 rings (SSSR count). The van der Waals surface area contributed by atoms with Gasteiger partial charge in [-0.3, -0.25) is 9.59 Å². The highest BCUT2D eigenvalue weighted by Crippen LogP contribution is 2.25. The Kier molecular flexibility index (Phi) is 9.09. The standard InChI is InChI=1S/C16H24ClN3O3/c1-3-5-15(21)20-12-6-7-13(17)14(10-12)19-11-16(22)18-8-4-9-23-2/h6-7,10,19H,3-5,8-9,11H2,1-2H3,(H,18,22)(H,20,21). The Morgan fingerprint density at radius 3 is 2.74 bits per heavy atom. The van der Waals surface area contributed by atoms with E-state index < -0.39 is 0 Å². The molecule has 0 aromatic heterocycles. The zero-order chi connectivity index (χ0) is 17.1. The van der Waals surface area contributed by atoms with Gasteiger partial charge in [0.05, 0.1) is 17.3 Å². The predicted octanol–water partition coefficient (Wildman–Crippen LogP) is 2.64. The van der Waals surface area contributed by atoms with Crippen LogP contribution in [0, 0.1) is 0 Å². The van der Waals surface area contributed by atoms with E-state index in [0.29, 0.717) is 36.0 Å². The number of ether oxygens (including phenoxy) is 1. The number of hydrogen-bond acceptors (Lipinski definition) is 4. The molecule has 0 fully saturated rings. The molecule has 0 saturated heterocycles. The van der Waals surface area contributed by atoms with Gasteiger partial charge in [0.15, 0.2) is 0 Å². The highest BCUT2D eigenvalue weighted by atomic mass is 35.5. The Bertz CT molecular complexity index is 523. The predicted molar refractivity (Wildman–Crippen MR) is 93.0 cm³/mol. The summed E-state index contributed by atoms with van der Waals surface area (Å²) in [5.74, 6) is -0.172. The van der Waals surface area contributed by atoms with Crippen molar-refractivity contribution in [2.24, 2.45) is 0 Å². The third kappa shape index (κ3) is 7.85. The first-order chi connectivity index (χ1) is 11.1. The van der Waals surface area contributed by atoms with Crippen molar-refractivity contribution in [3.8, 4) is 0 Å². The fourth-order valence-electron chi connectivity index (χ4n) is 1.87. The number of hydrogen-bond donors (Lipinski definition) is 3. The lowest BCUT2D eigenvalue weighted by molar-refractivity contribution is -0.119. The number of carbonyl (C=O) groups excluding carboxylic acids is 2. The number of carbonyl (C=O) groups is 2. The van der Waals surface area contributed by atoms with Gasteiger partial charge >= 0.3 is 0 Å². The lowest BCUT2D eigenvalue weighted by Gasteiger charge is -2.11. The molecule has 1 aromatic rings. The highest BCUT2D eigenvalue weighted by molar-refractivity contribution is 6.33.